The predicted octanol–water partition coefficient (Wildman–Crippen LogP) is 3.96. The third kappa shape index (κ3) is 3.34. The number of aliphatic hydroxyl groups is 1. The molecule has 1 aromatic rings. The maximum atomic E-state index is 12.5. The van der Waals surface area contributed by atoms with Crippen molar-refractivity contribution in [2.75, 3.05) is 13.1 Å². The molecule has 0 bridgehead atoms. The Bertz CT molecular complexity index is 693. The average molecular weight is 378 g/mol. The predicted molar refractivity (Wildman–Crippen MR) is 101 cm³/mol. The largest absolute Gasteiger partial charge is 0.490 e. The minimum atomic E-state index is -0.628. The monoisotopic (exact) mass is 377 g/mol. The maximum Gasteiger partial charge on any atom is 0.225 e. The minimum absolute atomic E-state index is 0.0350. The second-order valence-corrected chi connectivity index (χ2v) is 9.38. The number of likely N-dealkylation sites (tertiary alicyclic amines) is 1. The lowest BCUT2D eigenvalue weighted by Crippen LogP contribution is -2.63. The lowest BCUT2D eigenvalue weighted by Gasteiger charge is -2.55. The highest BCUT2D eigenvalue weighted by Gasteiger charge is 2.51. The van der Waals surface area contributed by atoms with Crippen LogP contribution in [0.2, 0.25) is 5.02 Å². The van der Waals surface area contributed by atoms with Gasteiger partial charge in [0.15, 0.2) is 0 Å². The van der Waals surface area contributed by atoms with Gasteiger partial charge in [0.05, 0.1) is 11.7 Å². The highest BCUT2D eigenvalue weighted by atomic mass is 35.5. The van der Waals surface area contributed by atoms with Crippen LogP contribution in [-0.4, -0.2) is 40.7 Å². The molecule has 4 nitrogen and oxygen atoms in total. The molecular formula is C21H28ClNO3. The van der Waals surface area contributed by atoms with Gasteiger partial charge in [-0.2, -0.15) is 0 Å². The van der Waals surface area contributed by atoms with Gasteiger partial charge in [0.2, 0.25) is 5.91 Å². The molecular weight excluding hydrogens is 350 g/mol. The number of ether oxygens (including phenoxy) is 1. The summed E-state index contributed by atoms with van der Waals surface area (Å²) in [5.74, 6) is 1.17. The van der Waals surface area contributed by atoms with E-state index in [4.69, 9.17) is 16.3 Å². The molecule has 1 aromatic carbocycles. The molecule has 1 saturated heterocycles. The number of hydrogen-bond acceptors (Lipinski definition) is 3. The van der Waals surface area contributed by atoms with E-state index in [9.17, 15) is 9.90 Å². The van der Waals surface area contributed by atoms with Crippen LogP contribution in [0.15, 0.2) is 18.2 Å². The molecule has 3 aliphatic rings. The van der Waals surface area contributed by atoms with Gasteiger partial charge in [-0.3, -0.25) is 4.79 Å². The molecule has 5 heteroatoms. The van der Waals surface area contributed by atoms with E-state index in [0.29, 0.717) is 18.3 Å². The zero-order valence-electron chi connectivity index (χ0n) is 15.6. The first-order chi connectivity index (χ1) is 12.3. The van der Waals surface area contributed by atoms with Crippen molar-refractivity contribution in [3.63, 3.8) is 0 Å². The van der Waals surface area contributed by atoms with Crippen molar-refractivity contribution in [1.29, 1.82) is 0 Å². The molecule has 2 saturated carbocycles. The number of halogens is 1. The molecule has 142 valence electrons. The van der Waals surface area contributed by atoms with Crippen LogP contribution in [0.5, 0.6) is 5.75 Å². The molecule has 3 fully saturated rings. The topological polar surface area (TPSA) is 49.8 Å². The summed E-state index contributed by atoms with van der Waals surface area (Å²) in [6.45, 7) is 5.58. The van der Waals surface area contributed by atoms with Crippen molar-refractivity contribution in [2.24, 2.45) is 11.3 Å². The highest BCUT2D eigenvalue weighted by molar-refractivity contribution is 6.31. The number of carbonyl (C=O) groups excluding carboxylic acids is 1. The molecule has 0 radical (unpaired) electrons. The third-order valence-corrected chi connectivity index (χ3v) is 7.00. The summed E-state index contributed by atoms with van der Waals surface area (Å²) in [5, 5.41) is 10.6. The summed E-state index contributed by atoms with van der Waals surface area (Å²) in [6.07, 6.45) is 5.77. The van der Waals surface area contributed by atoms with E-state index < -0.39 is 5.60 Å². The van der Waals surface area contributed by atoms with Crippen molar-refractivity contribution >= 4 is 17.5 Å². The normalized spacial score (nSPS) is 30.6. The number of carbonyl (C=O) groups is 1. The van der Waals surface area contributed by atoms with E-state index in [-0.39, 0.29) is 17.9 Å². The first kappa shape index (κ1) is 18.1. The van der Waals surface area contributed by atoms with Gasteiger partial charge in [-0.15, -0.1) is 0 Å². The van der Waals surface area contributed by atoms with Crippen molar-refractivity contribution in [3.05, 3.63) is 28.8 Å². The Morgan fingerprint density at radius 3 is 2.54 bits per heavy atom. The van der Waals surface area contributed by atoms with Crippen molar-refractivity contribution in [3.8, 4) is 5.75 Å². The quantitative estimate of drug-likeness (QED) is 0.867. The van der Waals surface area contributed by atoms with Gasteiger partial charge in [0.1, 0.15) is 5.75 Å². The molecule has 4 rings (SSSR count). The average Bonchev–Trinajstić information content (AvgIpc) is 2.55. The smallest absolute Gasteiger partial charge is 0.225 e. The Morgan fingerprint density at radius 2 is 1.92 bits per heavy atom. The van der Waals surface area contributed by atoms with Gasteiger partial charge in [0, 0.05) is 35.0 Å². The first-order valence-corrected chi connectivity index (χ1v) is 10.1. The SMILES string of the molecule is Cc1c(Cl)cccc1OC1CCC2(CC1)CN(C(=O)C1CC(C)(O)C1)C2. The Balaban J connectivity index is 1.26. The van der Waals surface area contributed by atoms with Crippen molar-refractivity contribution < 1.29 is 14.6 Å². The number of hydrogen-bond donors (Lipinski definition) is 1. The standard InChI is InChI=1S/C21H28ClNO3/c1-14-17(22)4-3-5-18(14)26-16-6-8-21(9-7-16)12-23(13-21)19(24)15-10-20(2,25)11-15/h3-5,15-16,25H,6-13H2,1-2H3. The van der Waals surface area contributed by atoms with E-state index >= 15 is 0 Å². The van der Waals surface area contributed by atoms with Gasteiger partial charge in [-0.25, -0.2) is 0 Å². The van der Waals surface area contributed by atoms with Crippen molar-refractivity contribution in [1.82, 2.24) is 4.90 Å². The third-order valence-electron chi connectivity index (χ3n) is 6.59. The second-order valence-electron chi connectivity index (χ2n) is 8.98. The lowest BCUT2D eigenvalue weighted by molar-refractivity contribution is -0.164. The Labute approximate surface area is 160 Å². The van der Waals surface area contributed by atoms with Crippen LogP contribution in [0, 0.1) is 18.3 Å². The summed E-state index contributed by atoms with van der Waals surface area (Å²) >= 11 is 6.18. The molecule has 1 spiro atoms. The Morgan fingerprint density at radius 1 is 1.27 bits per heavy atom. The van der Waals surface area contributed by atoms with E-state index in [1.54, 1.807) is 0 Å². The van der Waals surface area contributed by atoms with Crippen LogP contribution in [0.3, 0.4) is 0 Å². The van der Waals surface area contributed by atoms with Crippen LogP contribution < -0.4 is 4.74 Å². The summed E-state index contributed by atoms with van der Waals surface area (Å²) in [5.41, 5.74) is 0.674. The van der Waals surface area contributed by atoms with Crippen molar-refractivity contribution in [2.45, 2.75) is 64.1 Å². The van der Waals surface area contributed by atoms with E-state index in [1.165, 1.54) is 0 Å². The summed E-state index contributed by atoms with van der Waals surface area (Å²) in [6, 6.07) is 5.81. The van der Waals surface area contributed by atoms with Gasteiger partial charge in [0.25, 0.3) is 0 Å². The van der Waals surface area contributed by atoms with Gasteiger partial charge >= 0.3 is 0 Å². The molecule has 2 aliphatic carbocycles. The van der Waals surface area contributed by atoms with Crippen LogP contribution in [0.4, 0.5) is 0 Å². The zero-order valence-corrected chi connectivity index (χ0v) is 16.4. The highest BCUT2D eigenvalue weighted by Crippen LogP contribution is 2.47. The van der Waals surface area contributed by atoms with Crippen LogP contribution in [0.1, 0.15) is 51.0 Å². The van der Waals surface area contributed by atoms with Crippen LogP contribution >= 0.6 is 11.6 Å². The summed E-state index contributed by atoms with van der Waals surface area (Å²) in [4.78, 5) is 14.5. The minimum Gasteiger partial charge on any atom is -0.490 e. The molecule has 0 unspecified atom stereocenters. The number of benzene rings is 1. The Kier molecular flexibility index (Phi) is 4.47. The molecule has 0 atom stereocenters. The molecule has 1 amide bonds. The molecule has 1 heterocycles. The lowest BCUT2D eigenvalue weighted by atomic mass is 9.66. The number of amides is 1. The molecule has 1 N–H and O–H groups in total. The van der Waals surface area contributed by atoms with E-state index in [1.807, 2.05) is 36.9 Å². The fourth-order valence-electron chi connectivity index (χ4n) is 4.89. The summed E-state index contributed by atoms with van der Waals surface area (Å²) < 4.78 is 6.20. The van der Waals surface area contributed by atoms with Crippen LogP contribution in [-0.2, 0) is 4.79 Å². The van der Waals surface area contributed by atoms with E-state index in [0.717, 1.165) is 55.1 Å². The zero-order chi connectivity index (χ0) is 18.5. The number of nitrogens with zero attached hydrogens (tertiary/aromatic N) is 1. The van der Waals surface area contributed by atoms with Gasteiger partial charge in [-0.1, -0.05) is 17.7 Å². The van der Waals surface area contributed by atoms with Crippen LogP contribution in [0.25, 0.3) is 0 Å². The molecule has 0 aromatic heterocycles. The summed E-state index contributed by atoms with van der Waals surface area (Å²) in [7, 11) is 0. The van der Waals surface area contributed by atoms with Gasteiger partial charge in [-0.05, 0) is 64.5 Å². The fourth-order valence-corrected chi connectivity index (χ4v) is 5.05. The maximum absolute atomic E-state index is 12.5. The number of rotatable bonds is 3. The first-order valence-electron chi connectivity index (χ1n) is 9.70. The van der Waals surface area contributed by atoms with Gasteiger partial charge < -0.3 is 14.7 Å². The van der Waals surface area contributed by atoms with E-state index in [2.05, 4.69) is 0 Å². The fraction of sp³-hybridized carbons (Fsp3) is 0.667. The Hall–Kier alpha value is -1.26. The second kappa shape index (κ2) is 6.42. The molecule has 1 aliphatic heterocycles. The molecule has 26 heavy (non-hydrogen) atoms.